The predicted octanol–water partition coefficient (Wildman–Crippen LogP) is 5.04. The van der Waals surface area contributed by atoms with E-state index in [0.29, 0.717) is 18.1 Å². The molecule has 2 aromatic heterocycles. The zero-order valence-corrected chi connectivity index (χ0v) is 18.4. The molecule has 3 heterocycles. The van der Waals surface area contributed by atoms with Crippen LogP contribution in [0.1, 0.15) is 19.3 Å². The van der Waals surface area contributed by atoms with E-state index in [2.05, 4.69) is 25.2 Å². The number of hydrogen-bond donors (Lipinski definition) is 2. The van der Waals surface area contributed by atoms with E-state index < -0.39 is 0 Å². The molecule has 1 aliphatic rings. The summed E-state index contributed by atoms with van der Waals surface area (Å²) in [5, 5.41) is 4.30. The lowest BCUT2D eigenvalue weighted by Gasteiger charge is -2.33. The van der Waals surface area contributed by atoms with Crippen LogP contribution in [0, 0.1) is 5.92 Å². The van der Waals surface area contributed by atoms with E-state index in [9.17, 15) is 4.79 Å². The van der Waals surface area contributed by atoms with Crippen molar-refractivity contribution in [1.29, 1.82) is 0 Å². The Balaban J connectivity index is 1.18. The second-order valence-electron chi connectivity index (χ2n) is 8.40. The molecule has 0 saturated carbocycles. The number of carbonyl (C=O) groups excluding carboxylic acids is 1. The van der Waals surface area contributed by atoms with Gasteiger partial charge in [-0.05, 0) is 49.1 Å². The molecule has 1 saturated heterocycles. The number of hydrogen-bond acceptors (Lipinski definition) is 6. The van der Waals surface area contributed by atoms with Gasteiger partial charge in [0.2, 0.25) is 0 Å². The Morgan fingerprint density at radius 1 is 1.09 bits per heavy atom. The van der Waals surface area contributed by atoms with Crippen LogP contribution in [0.3, 0.4) is 0 Å². The van der Waals surface area contributed by atoms with E-state index in [1.54, 1.807) is 6.33 Å². The van der Waals surface area contributed by atoms with Crippen molar-refractivity contribution in [3.63, 3.8) is 0 Å². The molecule has 0 spiro atoms. The molecule has 0 amide bonds. The summed E-state index contributed by atoms with van der Waals surface area (Å²) in [6.45, 7) is 2.06. The van der Waals surface area contributed by atoms with E-state index in [1.807, 2.05) is 66.9 Å². The Labute approximate surface area is 192 Å². The highest BCUT2D eigenvalue weighted by atomic mass is 16.5. The van der Waals surface area contributed by atoms with Crippen molar-refractivity contribution in [2.75, 3.05) is 29.9 Å². The van der Waals surface area contributed by atoms with Gasteiger partial charge < -0.3 is 19.9 Å². The van der Waals surface area contributed by atoms with Gasteiger partial charge in [-0.3, -0.25) is 4.79 Å². The van der Waals surface area contributed by atoms with Crippen LogP contribution in [0.2, 0.25) is 0 Å². The quantitative estimate of drug-likeness (QED) is 0.399. The molecular weight excluding hydrogens is 414 g/mol. The summed E-state index contributed by atoms with van der Waals surface area (Å²) >= 11 is 0. The van der Waals surface area contributed by atoms with Crippen LogP contribution >= 0.6 is 0 Å². The first-order valence-corrected chi connectivity index (χ1v) is 11.4. The van der Waals surface area contributed by atoms with Gasteiger partial charge in [0.25, 0.3) is 0 Å². The number of piperidine rings is 1. The number of nitrogens with one attached hydrogen (secondary N) is 2. The first kappa shape index (κ1) is 21.0. The molecule has 33 heavy (non-hydrogen) atoms. The van der Waals surface area contributed by atoms with Gasteiger partial charge in [0, 0.05) is 25.7 Å². The molecule has 4 aromatic rings. The summed E-state index contributed by atoms with van der Waals surface area (Å²) < 4.78 is 5.99. The second kappa shape index (κ2) is 9.73. The van der Waals surface area contributed by atoms with Gasteiger partial charge in [-0.15, -0.1) is 0 Å². The van der Waals surface area contributed by atoms with Gasteiger partial charge in [-0.2, -0.15) is 0 Å². The van der Waals surface area contributed by atoms with Crippen LogP contribution in [0.4, 0.5) is 11.5 Å². The number of benzene rings is 2. The molecule has 0 radical (unpaired) electrons. The highest BCUT2D eigenvalue weighted by molar-refractivity contribution is 5.87. The van der Waals surface area contributed by atoms with Crippen LogP contribution < -0.4 is 15.0 Å². The lowest BCUT2D eigenvalue weighted by Crippen LogP contribution is -2.37. The van der Waals surface area contributed by atoms with E-state index in [-0.39, 0.29) is 12.3 Å². The number of ether oxygens (including phenoxy) is 1. The summed E-state index contributed by atoms with van der Waals surface area (Å²) in [5.41, 5.74) is 1.66. The summed E-state index contributed by atoms with van der Waals surface area (Å²) in [4.78, 5) is 27.1. The molecule has 0 bridgehead atoms. The molecule has 7 nitrogen and oxygen atoms in total. The number of aromatic nitrogens is 3. The Morgan fingerprint density at radius 2 is 1.94 bits per heavy atom. The third kappa shape index (κ3) is 4.98. The minimum atomic E-state index is 0.200. The molecular formula is C26H27N5O2. The minimum Gasteiger partial charge on any atom is -0.455 e. The number of carbonyl (C=O) groups is 1. The average molecular weight is 442 g/mol. The lowest BCUT2D eigenvalue weighted by atomic mass is 9.92. The number of nitrogens with zero attached hydrogens (tertiary/aromatic N) is 3. The number of fused-ring (bicyclic) bond motifs is 1. The molecule has 1 fully saturated rings. The fourth-order valence-corrected chi connectivity index (χ4v) is 4.44. The number of ketones is 1. The monoisotopic (exact) mass is 441 g/mol. The molecule has 7 heteroatoms. The first-order valence-electron chi connectivity index (χ1n) is 11.4. The van der Waals surface area contributed by atoms with Gasteiger partial charge in [0.05, 0.1) is 17.6 Å². The van der Waals surface area contributed by atoms with Crippen molar-refractivity contribution >= 4 is 28.3 Å². The average Bonchev–Trinajstić information content (AvgIpc) is 3.33. The van der Waals surface area contributed by atoms with Crippen molar-refractivity contribution in [1.82, 2.24) is 15.0 Å². The number of para-hydroxylation sites is 3. The van der Waals surface area contributed by atoms with Gasteiger partial charge in [0.15, 0.2) is 11.5 Å². The van der Waals surface area contributed by atoms with E-state index in [4.69, 9.17) is 4.74 Å². The third-order valence-electron chi connectivity index (χ3n) is 6.00. The topological polar surface area (TPSA) is 83.1 Å². The molecule has 0 aliphatic carbocycles. The van der Waals surface area contributed by atoms with Crippen molar-refractivity contribution in [3.8, 4) is 11.5 Å². The smallest absolute Gasteiger partial charge is 0.152 e. The molecule has 0 unspecified atom stereocenters. The van der Waals surface area contributed by atoms with Crippen LogP contribution in [0.25, 0.3) is 11.0 Å². The van der Waals surface area contributed by atoms with Gasteiger partial charge >= 0.3 is 0 Å². The van der Waals surface area contributed by atoms with Gasteiger partial charge in [-0.1, -0.05) is 30.3 Å². The maximum absolute atomic E-state index is 12.8. The number of rotatable bonds is 8. The number of aromatic amines is 1. The van der Waals surface area contributed by atoms with E-state index >= 15 is 0 Å². The normalized spacial score (nSPS) is 16.0. The molecule has 5 rings (SSSR count). The highest BCUT2D eigenvalue weighted by Gasteiger charge is 2.24. The maximum Gasteiger partial charge on any atom is 0.152 e. The summed E-state index contributed by atoms with van der Waals surface area (Å²) in [5.74, 6) is 2.93. The largest absolute Gasteiger partial charge is 0.455 e. The minimum absolute atomic E-state index is 0.200. The van der Waals surface area contributed by atoms with Gasteiger partial charge in [0.1, 0.15) is 23.5 Å². The van der Waals surface area contributed by atoms with Crippen LogP contribution in [-0.4, -0.2) is 40.4 Å². The standard InChI is InChI=1S/C26H27N5O2/c32-20(16-28-23-10-4-5-11-24(23)33-21-8-2-1-3-9-21)15-19-7-6-14-31(17-19)26-22-12-13-27-25(22)29-18-30-26/h1-5,8-13,18-19,28H,6-7,14-17H2,(H,27,29,30)/t19-/m0/s1. The van der Waals surface area contributed by atoms with Crippen LogP contribution in [0.5, 0.6) is 11.5 Å². The number of anilines is 2. The molecule has 2 aromatic carbocycles. The third-order valence-corrected chi connectivity index (χ3v) is 6.00. The highest BCUT2D eigenvalue weighted by Crippen LogP contribution is 2.30. The molecule has 1 atom stereocenters. The lowest BCUT2D eigenvalue weighted by molar-refractivity contribution is -0.118. The first-order chi connectivity index (χ1) is 16.3. The summed E-state index contributed by atoms with van der Waals surface area (Å²) in [6, 6.07) is 19.4. The number of Topliss-reactive ketones (excluding diaryl/α,β-unsaturated/α-hetero) is 1. The van der Waals surface area contributed by atoms with Crippen molar-refractivity contribution in [2.24, 2.45) is 5.92 Å². The van der Waals surface area contributed by atoms with Crippen molar-refractivity contribution in [3.05, 3.63) is 73.2 Å². The fraction of sp³-hybridized carbons (Fsp3) is 0.269. The van der Waals surface area contributed by atoms with Crippen LogP contribution in [-0.2, 0) is 4.79 Å². The Bertz CT molecular complexity index is 1220. The zero-order chi connectivity index (χ0) is 22.5. The Hall–Kier alpha value is -3.87. The summed E-state index contributed by atoms with van der Waals surface area (Å²) in [6.07, 6.45) is 6.14. The molecule has 1 aliphatic heterocycles. The van der Waals surface area contributed by atoms with Crippen LogP contribution in [0.15, 0.2) is 73.2 Å². The molecule has 168 valence electrons. The Morgan fingerprint density at radius 3 is 2.85 bits per heavy atom. The SMILES string of the molecule is O=C(CNc1ccccc1Oc1ccccc1)C[C@@H]1CCCN(c2ncnc3[nH]ccc23)C1. The fourth-order valence-electron chi connectivity index (χ4n) is 4.44. The Kier molecular flexibility index (Phi) is 6.19. The van der Waals surface area contributed by atoms with E-state index in [1.165, 1.54) is 0 Å². The zero-order valence-electron chi connectivity index (χ0n) is 18.4. The molecule has 2 N–H and O–H groups in total. The predicted molar refractivity (Wildman–Crippen MR) is 130 cm³/mol. The maximum atomic E-state index is 12.8. The number of H-pyrrole nitrogens is 1. The van der Waals surface area contributed by atoms with Gasteiger partial charge in [-0.25, -0.2) is 9.97 Å². The van der Waals surface area contributed by atoms with Crippen molar-refractivity contribution < 1.29 is 9.53 Å². The van der Waals surface area contributed by atoms with E-state index in [0.717, 1.165) is 54.2 Å². The summed E-state index contributed by atoms with van der Waals surface area (Å²) in [7, 11) is 0. The second-order valence-corrected chi connectivity index (χ2v) is 8.40. The van der Waals surface area contributed by atoms with Crippen molar-refractivity contribution in [2.45, 2.75) is 19.3 Å².